The summed E-state index contributed by atoms with van der Waals surface area (Å²) in [5.74, 6) is -0.319. The van der Waals surface area contributed by atoms with Gasteiger partial charge < -0.3 is 9.84 Å². The summed E-state index contributed by atoms with van der Waals surface area (Å²) < 4.78 is 5.34. The van der Waals surface area contributed by atoms with E-state index in [1.54, 1.807) is 19.3 Å². The second-order valence-corrected chi connectivity index (χ2v) is 8.55. The Kier molecular flexibility index (Phi) is 7.19. The molecule has 5 heteroatoms. The van der Waals surface area contributed by atoms with Crippen LogP contribution < -0.4 is 4.74 Å². The highest BCUT2D eigenvalue weighted by molar-refractivity contribution is 6.33. The maximum atomic E-state index is 10.9. The number of nitrogens with zero attached hydrogens (tertiary/aromatic N) is 1. The van der Waals surface area contributed by atoms with Crippen LogP contribution in [0.1, 0.15) is 41.2 Å². The fourth-order valence-corrected chi connectivity index (χ4v) is 4.81. The SMILES string of the molecule is CC/C(=C(\C1=C(C#N)c2ccccc2C1)c1ccc(/C=C/C(=O)O)cc1)c1ccc(OC)cc1Cl. The maximum absolute atomic E-state index is 10.9. The van der Waals surface area contributed by atoms with Crippen LogP contribution in [-0.4, -0.2) is 18.2 Å². The third-order valence-corrected chi connectivity index (χ3v) is 6.46. The molecule has 3 aromatic carbocycles. The van der Waals surface area contributed by atoms with Crippen molar-refractivity contribution in [3.05, 3.63) is 111 Å². The zero-order valence-electron chi connectivity index (χ0n) is 19.5. The molecule has 0 spiro atoms. The van der Waals surface area contributed by atoms with E-state index in [0.717, 1.165) is 50.6 Å². The molecule has 0 aromatic heterocycles. The van der Waals surface area contributed by atoms with Crippen LogP contribution in [0.2, 0.25) is 5.02 Å². The molecular formula is C30H24ClNO3. The van der Waals surface area contributed by atoms with Crippen LogP contribution in [0, 0.1) is 11.3 Å². The summed E-state index contributed by atoms with van der Waals surface area (Å²) in [6.45, 7) is 2.08. The molecule has 0 saturated heterocycles. The monoisotopic (exact) mass is 481 g/mol. The summed E-state index contributed by atoms with van der Waals surface area (Å²) in [4.78, 5) is 10.9. The number of ether oxygens (including phenoxy) is 1. The van der Waals surface area contributed by atoms with E-state index in [1.165, 1.54) is 0 Å². The van der Waals surface area contributed by atoms with E-state index < -0.39 is 5.97 Å². The molecule has 0 atom stereocenters. The van der Waals surface area contributed by atoms with Gasteiger partial charge >= 0.3 is 5.97 Å². The van der Waals surface area contributed by atoms with Gasteiger partial charge in [0.25, 0.3) is 0 Å². The Hall–Kier alpha value is -4.07. The van der Waals surface area contributed by atoms with E-state index in [-0.39, 0.29) is 0 Å². The number of fused-ring (bicyclic) bond motifs is 1. The molecule has 1 N–H and O–H groups in total. The van der Waals surface area contributed by atoms with E-state index in [0.29, 0.717) is 29.2 Å². The second-order valence-electron chi connectivity index (χ2n) is 8.15. The van der Waals surface area contributed by atoms with Crippen molar-refractivity contribution in [3.63, 3.8) is 0 Å². The molecule has 0 fully saturated rings. The molecule has 0 unspecified atom stereocenters. The van der Waals surface area contributed by atoms with Gasteiger partial charge in [-0.3, -0.25) is 0 Å². The first-order valence-corrected chi connectivity index (χ1v) is 11.6. The number of carboxylic acids is 1. The van der Waals surface area contributed by atoms with Crippen molar-refractivity contribution in [1.82, 2.24) is 0 Å². The quantitative estimate of drug-likeness (QED) is 0.284. The smallest absolute Gasteiger partial charge is 0.328 e. The topological polar surface area (TPSA) is 70.3 Å². The number of rotatable bonds is 7. The number of allylic oxidation sites excluding steroid dienone is 4. The molecular weight excluding hydrogens is 458 g/mol. The second kappa shape index (κ2) is 10.5. The zero-order chi connectivity index (χ0) is 24.9. The van der Waals surface area contributed by atoms with Gasteiger partial charge in [-0.15, -0.1) is 0 Å². The number of carbonyl (C=O) groups is 1. The lowest BCUT2D eigenvalue weighted by Gasteiger charge is -2.19. The fraction of sp³-hybridized carbons (Fsp3) is 0.133. The minimum absolute atomic E-state index is 0.578. The number of benzene rings is 3. The Morgan fingerprint density at radius 1 is 1.14 bits per heavy atom. The Balaban J connectivity index is 1.96. The lowest BCUT2D eigenvalue weighted by atomic mass is 9.85. The molecule has 0 saturated carbocycles. The summed E-state index contributed by atoms with van der Waals surface area (Å²) in [6, 6.07) is 23.8. The van der Waals surface area contributed by atoms with Gasteiger partial charge in [0, 0.05) is 12.5 Å². The first kappa shape index (κ1) is 24.1. The molecule has 1 aliphatic carbocycles. The summed E-state index contributed by atoms with van der Waals surface area (Å²) in [5.41, 5.74) is 8.32. The molecule has 0 aliphatic heterocycles. The van der Waals surface area contributed by atoms with Crippen molar-refractivity contribution in [2.75, 3.05) is 7.11 Å². The summed E-state index contributed by atoms with van der Waals surface area (Å²) in [6.07, 6.45) is 4.01. The summed E-state index contributed by atoms with van der Waals surface area (Å²) in [7, 11) is 1.60. The van der Waals surface area contributed by atoms with Crippen LogP contribution in [0.5, 0.6) is 5.75 Å². The Bertz CT molecular complexity index is 1420. The Morgan fingerprint density at radius 2 is 1.89 bits per heavy atom. The molecule has 1 aliphatic rings. The average molecular weight is 482 g/mol. The lowest BCUT2D eigenvalue weighted by molar-refractivity contribution is -0.131. The van der Waals surface area contributed by atoms with Crippen LogP contribution in [0.3, 0.4) is 0 Å². The third-order valence-electron chi connectivity index (χ3n) is 6.14. The van der Waals surface area contributed by atoms with Gasteiger partial charge in [0.05, 0.1) is 17.7 Å². The van der Waals surface area contributed by atoms with E-state index in [9.17, 15) is 10.1 Å². The first-order chi connectivity index (χ1) is 17.0. The van der Waals surface area contributed by atoms with Crippen LogP contribution in [0.4, 0.5) is 0 Å². The molecule has 0 heterocycles. The molecule has 4 nitrogen and oxygen atoms in total. The third kappa shape index (κ3) is 4.91. The van der Waals surface area contributed by atoms with E-state index in [1.807, 2.05) is 54.6 Å². The number of carboxylic acid groups (broad SMARTS) is 1. The average Bonchev–Trinajstić information content (AvgIpc) is 3.24. The van der Waals surface area contributed by atoms with Crippen molar-refractivity contribution in [1.29, 1.82) is 5.26 Å². The van der Waals surface area contributed by atoms with Crippen molar-refractivity contribution in [2.45, 2.75) is 19.8 Å². The number of hydrogen-bond acceptors (Lipinski definition) is 3. The highest BCUT2D eigenvalue weighted by Gasteiger charge is 2.27. The van der Waals surface area contributed by atoms with Crippen LogP contribution in [0.25, 0.3) is 22.8 Å². The van der Waals surface area contributed by atoms with Gasteiger partial charge in [-0.05, 0) is 75.2 Å². The maximum Gasteiger partial charge on any atom is 0.328 e. The number of nitriles is 1. The van der Waals surface area contributed by atoms with Gasteiger partial charge in [0.15, 0.2) is 0 Å². The van der Waals surface area contributed by atoms with Crippen molar-refractivity contribution < 1.29 is 14.6 Å². The first-order valence-electron chi connectivity index (χ1n) is 11.3. The Morgan fingerprint density at radius 3 is 2.51 bits per heavy atom. The van der Waals surface area contributed by atoms with Crippen LogP contribution in [-0.2, 0) is 11.2 Å². The number of methoxy groups -OCH3 is 1. The standard InChI is InChI=1S/C30H24ClNO3/c1-3-23(25-14-13-22(35-2)17-28(25)31)30(20-11-8-19(9-12-20)10-15-29(33)34)26-16-21-6-4-5-7-24(21)27(26)18-32/h4-15,17H,3,16H2,1-2H3,(H,33,34)/b15-10+,30-23+. The van der Waals surface area contributed by atoms with Gasteiger partial charge in [-0.1, -0.05) is 67.1 Å². The molecule has 174 valence electrons. The largest absolute Gasteiger partial charge is 0.497 e. The molecule has 0 radical (unpaired) electrons. The molecule has 0 bridgehead atoms. The number of aliphatic carboxylic acids is 1. The van der Waals surface area contributed by atoms with Gasteiger partial charge in [-0.2, -0.15) is 5.26 Å². The molecule has 4 rings (SSSR count). The molecule has 3 aromatic rings. The fourth-order valence-electron chi connectivity index (χ4n) is 4.53. The minimum Gasteiger partial charge on any atom is -0.497 e. The highest BCUT2D eigenvalue weighted by Crippen LogP contribution is 2.45. The van der Waals surface area contributed by atoms with Gasteiger partial charge in [0.1, 0.15) is 11.8 Å². The van der Waals surface area contributed by atoms with E-state index in [4.69, 9.17) is 21.4 Å². The number of halogens is 1. The Labute approximate surface area is 210 Å². The van der Waals surface area contributed by atoms with E-state index in [2.05, 4.69) is 19.1 Å². The number of hydrogen-bond donors (Lipinski definition) is 1. The van der Waals surface area contributed by atoms with Crippen molar-refractivity contribution in [2.24, 2.45) is 0 Å². The summed E-state index contributed by atoms with van der Waals surface area (Å²) in [5, 5.41) is 19.7. The normalized spacial score (nSPS) is 13.4. The van der Waals surface area contributed by atoms with Gasteiger partial charge in [-0.25, -0.2) is 4.79 Å². The minimum atomic E-state index is -0.996. The van der Waals surface area contributed by atoms with Crippen molar-refractivity contribution in [3.8, 4) is 11.8 Å². The predicted octanol–water partition coefficient (Wildman–Crippen LogP) is 7.30. The van der Waals surface area contributed by atoms with Crippen LogP contribution >= 0.6 is 11.6 Å². The highest BCUT2D eigenvalue weighted by atomic mass is 35.5. The molecule has 0 amide bonds. The van der Waals surface area contributed by atoms with Crippen molar-refractivity contribution >= 4 is 40.4 Å². The van der Waals surface area contributed by atoms with Crippen LogP contribution in [0.15, 0.2) is 78.4 Å². The lowest BCUT2D eigenvalue weighted by Crippen LogP contribution is -1.99. The van der Waals surface area contributed by atoms with E-state index >= 15 is 0 Å². The summed E-state index contributed by atoms with van der Waals surface area (Å²) >= 11 is 6.72. The predicted molar refractivity (Wildman–Crippen MR) is 141 cm³/mol. The molecule has 35 heavy (non-hydrogen) atoms. The zero-order valence-corrected chi connectivity index (χ0v) is 20.3. The van der Waals surface area contributed by atoms with Gasteiger partial charge in [0.2, 0.25) is 0 Å².